The van der Waals surface area contributed by atoms with Gasteiger partial charge in [0.1, 0.15) is 0 Å². The SMILES string of the molecule is COc1cc2c3c(c1OC)CC[C@@H]3CNC[C@H]2c1ccccc1. The number of methoxy groups -OCH3 is 2. The van der Waals surface area contributed by atoms with Gasteiger partial charge in [-0.2, -0.15) is 0 Å². The first-order valence-electron chi connectivity index (χ1n) is 8.36. The van der Waals surface area contributed by atoms with Gasteiger partial charge in [-0.15, -0.1) is 0 Å². The zero-order chi connectivity index (χ0) is 15.8. The summed E-state index contributed by atoms with van der Waals surface area (Å²) in [5, 5.41) is 3.67. The van der Waals surface area contributed by atoms with E-state index in [-0.39, 0.29) is 0 Å². The average molecular weight is 309 g/mol. The minimum Gasteiger partial charge on any atom is -0.493 e. The molecule has 0 amide bonds. The summed E-state index contributed by atoms with van der Waals surface area (Å²) >= 11 is 0. The van der Waals surface area contributed by atoms with Crippen LogP contribution in [0.3, 0.4) is 0 Å². The normalized spacial score (nSPS) is 22.3. The number of ether oxygens (including phenoxy) is 2. The van der Waals surface area contributed by atoms with Crippen molar-refractivity contribution in [2.75, 3.05) is 27.3 Å². The van der Waals surface area contributed by atoms with Crippen LogP contribution in [-0.2, 0) is 6.42 Å². The maximum Gasteiger partial charge on any atom is 0.164 e. The van der Waals surface area contributed by atoms with Crippen LogP contribution in [0.5, 0.6) is 11.5 Å². The highest BCUT2D eigenvalue weighted by atomic mass is 16.5. The largest absolute Gasteiger partial charge is 0.493 e. The van der Waals surface area contributed by atoms with Gasteiger partial charge in [-0.05, 0) is 41.5 Å². The monoisotopic (exact) mass is 309 g/mol. The lowest BCUT2D eigenvalue weighted by atomic mass is 9.85. The Hall–Kier alpha value is -2.00. The standard InChI is InChI=1S/C20H23NO2/c1-22-18-10-16-17(13-6-4-3-5-7-13)12-21-11-14-8-9-15(19(14)16)20(18)23-2/h3-7,10,14,17,21H,8-9,11-12H2,1-2H3/t14-,17+/m1/s1. The molecule has 2 aromatic rings. The Morgan fingerprint density at radius 1 is 1.04 bits per heavy atom. The number of hydrogen-bond donors (Lipinski definition) is 1. The molecule has 0 spiro atoms. The fourth-order valence-electron chi connectivity index (χ4n) is 4.29. The third-order valence-electron chi connectivity index (χ3n) is 5.31. The van der Waals surface area contributed by atoms with Crippen LogP contribution in [0.4, 0.5) is 0 Å². The van der Waals surface area contributed by atoms with E-state index in [1.54, 1.807) is 14.2 Å². The summed E-state index contributed by atoms with van der Waals surface area (Å²) in [6, 6.07) is 13.0. The Balaban J connectivity index is 1.93. The van der Waals surface area contributed by atoms with Gasteiger partial charge in [0, 0.05) is 24.6 Å². The van der Waals surface area contributed by atoms with E-state index in [4.69, 9.17) is 9.47 Å². The Labute approximate surface area is 137 Å². The van der Waals surface area contributed by atoms with E-state index in [2.05, 4.69) is 41.7 Å². The fraction of sp³-hybridized carbons (Fsp3) is 0.400. The molecule has 120 valence electrons. The van der Waals surface area contributed by atoms with Gasteiger partial charge in [0.15, 0.2) is 11.5 Å². The van der Waals surface area contributed by atoms with Gasteiger partial charge in [0.2, 0.25) is 0 Å². The third-order valence-corrected chi connectivity index (χ3v) is 5.31. The molecule has 0 saturated carbocycles. The van der Waals surface area contributed by atoms with Crippen molar-refractivity contribution in [3.63, 3.8) is 0 Å². The molecule has 1 aliphatic carbocycles. The van der Waals surface area contributed by atoms with Crippen LogP contribution in [-0.4, -0.2) is 27.3 Å². The van der Waals surface area contributed by atoms with Crippen LogP contribution in [0, 0.1) is 0 Å². The summed E-state index contributed by atoms with van der Waals surface area (Å²) in [5.41, 5.74) is 5.64. The third kappa shape index (κ3) is 2.31. The molecule has 0 radical (unpaired) electrons. The molecule has 0 bridgehead atoms. The van der Waals surface area contributed by atoms with E-state index in [0.29, 0.717) is 11.8 Å². The van der Waals surface area contributed by atoms with Crippen LogP contribution >= 0.6 is 0 Å². The van der Waals surface area contributed by atoms with Crippen molar-refractivity contribution >= 4 is 0 Å². The number of nitrogens with one attached hydrogen (secondary N) is 1. The van der Waals surface area contributed by atoms with E-state index in [1.807, 2.05) is 0 Å². The minimum atomic E-state index is 0.368. The van der Waals surface area contributed by atoms with Crippen molar-refractivity contribution in [2.24, 2.45) is 0 Å². The molecule has 0 fully saturated rings. The summed E-state index contributed by atoms with van der Waals surface area (Å²) < 4.78 is 11.3. The van der Waals surface area contributed by atoms with Crippen molar-refractivity contribution in [2.45, 2.75) is 24.7 Å². The first-order chi connectivity index (χ1) is 11.3. The lowest BCUT2D eigenvalue weighted by Gasteiger charge is -2.22. The molecule has 0 aromatic heterocycles. The number of benzene rings is 2. The van der Waals surface area contributed by atoms with Crippen molar-refractivity contribution in [3.05, 3.63) is 58.7 Å². The molecular weight excluding hydrogens is 286 g/mol. The van der Waals surface area contributed by atoms with Crippen LogP contribution < -0.4 is 14.8 Å². The molecule has 3 nitrogen and oxygen atoms in total. The Morgan fingerprint density at radius 2 is 1.87 bits per heavy atom. The molecule has 23 heavy (non-hydrogen) atoms. The smallest absolute Gasteiger partial charge is 0.164 e. The van der Waals surface area contributed by atoms with Gasteiger partial charge < -0.3 is 14.8 Å². The van der Waals surface area contributed by atoms with Crippen molar-refractivity contribution < 1.29 is 9.47 Å². The van der Waals surface area contributed by atoms with Crippen LogP contribution in [0.25, 0.3) is 0 Å². The van der Waals surface area contributed by atoms with Crippen LogP contribution in [0.15, 0.2) is 36.4 Å². The van der Waals surface area contributed by atoms with Crippen LogP contribution in [0.2, 0.25) is 0 Å². The molecule has 1 N–H and O–H groups in total. The second-order valence-electron chi connectivity index (χ2n) is 6.45. The van der Waals surface area contributed by atoms with E-state index in [0.717, 1.165) is 31.0 Å². The molecule has 1 aliphatic heterocycles. The molecule has 1 heterocycles. The minimum absolute atomic E-state index is 0.368. The molecule has 2 aromatic carbocycles. The maximum absolute atomic E-state index is 5.69. The van der Waals surface area contributed by atoms with Crippen molar-refractivity contribution in [1.29, 1.82) is 0 Å². The molecule has 2 atom stereocenters. The summed E-state index contributed by atoms with van der Waals surface area (Å²) in [6.45, 7) is 2.03. The number of hydrogen-bond acceptors (Lipinski definition) is 3. The van der Waals surface area contributed by atoms with Gasteiger partial charge in [0.05, 0.1) is 14.2 Å². The van der Waals surface area contributed by atoms with Gasteiger partial charge in [-0.25, -0.2) is 0 Å². The highest BCUT2D eigenvalue weighted by molar-refractivity contribution is 5.60. The fourth-order valence-corrected chi connectivity index (χ4v) is 4.29. The molecular formula is C20H23NO2. The van der Waals surface area contributed by atoms with Crippen molar-refractivity contribution in [3.8, 4) is 11.5 Å². The van der Waals surface area contributed by atoms with E-state index in [9.17, 15) is 0 Å². The molecule has 4 rings (SSSR count). The summed E-state index contributed by atoms with van der Waals surface area (Å²) in [7, 11) is 3.48. The summed E-state index contributed by atoms with van der Waals surface area (Å²) in [4.78, 5) is 0. The predicted molar refractivity (Wildman–Crippen MR) is 91.8 cm³/mol. The highest BCUT2D eigenvalue weighted by Crippen LogP contribution is 2.49. The van der Waals surface area contributed by atoms with Gasteiger partial charge in [-0.3, -0.25) is 0 Å². The predicted octanol–water partition coefficient (Wildman–Crippen LogP) is 3.47. The Bertz CT molecular complexity index is 711. The lowest BCUT2D eigenvalue weighted by molar-refractivity contribution is 0.351. The second kappa shape index (κ2) is 5.89. The number of rotatable bonds is 3. The summed E-state index contributed by atoms with van der Waals surface area (Å²) in [6.07, 6.45) is 2.27. The zero-order valence-corrected chi connectivity index (χ0v) is 13.8. The maximum atomic E-state index is 5.69. The second-order valence-corrected chi connectivity index (χ2v) is 6.45. The summed E-state index contributed by atoms with van der Waals surface area (Å²) in [5.74, 6) is 2.76. The van der Waals surface area contributed by atoms with E-state index < -0.39 is 0 Å². The van der Waals surface area contributed by atoms with Gasteiger partial charge in [-0.1, -0.05) is 30.3 Å². The highest BCUT2D eigenvalue weighted by Gasteiger charge is 2.35. The van der Waals surface area contributed by atoms with E-state index >= 15 is 0 Å². The molecule has 0 unspecified atom stereocenters. The topological polar surface area (TPSA) is 30.5 Å². The Morgan fingerprint density at radius 3 is 2.61 bits per heavy atom. The first kappa shape index (κ1) is 14.6. The molecule has 3 heteroatoms. The zero-order valence-electron chi connectivity index (χ0n) is 13.8. The Kier molecular flexibility index (Phi) is 3.74. The van der Waals surface area contributed by atoms with Crippen LogP contribution in [0.1, 0.15) is 40.5 Å². The van der Waals surface area contributed by atoms with Crippen molar-refractivity contribution in [1.82, 2.24) is 5.32 Å². The average Bonchev–Trinajstić information content (AvgIpc) is 2.93. The van der Waals surface area contributed by atoms with Gasteiger partial charge >= 0.3 is 0 Å². The molecule has 0 saturated heterocycles. The lowest BCUT2D eigenvalue weighted by Crippen LogP contribution is -2.22. The quantitative estimate of drug-likeness (QED) is 0.942. The van der Waals surface area contributed by atoms with Gasteiger partial charge in [0.25, 0.3) is 0 Å². The van der Waals surface area contributed by atoms with E-state index in [1.165, 1.54) is 28.7 Å². The first-order valence-corrected chi connectivity index (χ1v) is 8.36. The molecule has 2 aliphatic rings.